The van der Waals surface area contributed by atoms with Crippen molar-refractivity contribution in [1.29, 1.82) is 0 Å². The Morgan fingerprint density at radius 3 is 1.00 bits per heavy atom. The van der Waals surface area contributed by atoms with E-state index in [9.17, 15) is 151 Å². The highest BCUT2D eigenvalue weighted by molar-refractivity contribution is 5.89. The van der Waals surface area contributed by atoms with Crippen molar-refractivity contribution in [1.82, 2.24) is 0 Å². The van der Waals surface area contributed by atoms with Gasteiger partial charge < -0.3 is 24.4 Å². The monoisotopic (exact) mass is 968 g/mol. The zero-order chi connectivity index (χ0) is 48.9. The van der Waals surface area contributed by atoms with E-state index < -0.39 is 132 Å². The topological polar surface area (TPSA) is 119 Å². The fourth-order valence-corrected chi connectivity index (χ4v) is 3.55. The molecule has 8 nitrogen and oxygen atoms in total. The molecule has 0 bridgehead atoms. The van der Waals surface area contributed by atoms with Crippen molar-refractivity contribution in [3.8, 4) is 0 Å². The first-order chi connectivity index (χ1) is 25.7. The van der Waals surface area contributed by atoms with E-state index in [1.54, 1.807) is 0 Å². The lowest BCUT2D eigenvalue weighted by Gasteiger charge is -2.41. The highest BCUT2D eigenvalue weighted by Crippen LogP contribution is 2.64. The zero-order valence-electron chi connectivity index (χ0n) is 26.0. The molecular formula is C22H6F30O8. The molecule has 1 aliphatic rings. The van der Waals surface area contributed by atoms with Crippen LogP contribution in [0, 0.1) is 0 Å². The number of carbonyl (C=O) groups is 3. The molecule has 60 heavy (non-hydrogen) atoms. The molecule has 0 aromatic carbocycles. The molecule has 0 spiro atoms. The van der Waals surface area contributed by atoms with Crippen molar-refractivity contribution < 1.29 is 171 Å². The van der Waals surface area contributed by atoms with Crippen LogP contribution in [0.2, 0.25) is 0 Å². The highest BCUT2D eigenvalue weighted by atomic mass is 19.4. The predicted molar refractivity (Wildman–Crippen MR) is 114 cm³/mol. The van der Waals surface area contributed by atoms with Gasteiger partial charge in [0, 0.05) is 0 Å². The minimum Gasteiger partial charge on any atom is -0.505 e. The van der Waals surface area contributed by atoms with Crippen LogP contribution < -0.4 is 0 Å². The van der Waals surface area contributed by atoms with Gasteiger partial charge in [0.05, 0.1) is 0 Å². The number of hydrogen-bond donors (Lipinski definition) is 2. The van der Waals surface area contributed by atoms with Crippen LogP contribution in [0.15, 0.2) is 11.5 Å². The summed E-state index contributed by atoms with van der Waals surface area (Å²) in [4.78, 5) is 34.6. The molecule has 0 radical (unpaired) electrons. The summed E-state index contributed by atoms with van der Waals surface area (Å²) in [6.45, 7) is -3.44. The van der Waals surface area contributed by atoms with Gasteiger partial charge in [0.1, 0.15) is 6.61 Å². The molecule has 38 heteroatoms. The van der Waals surface area contributed by atoms with Gasteiger partial charge >= 0.3 is 101 Å². The molecule has 2 N–H and O–H groups in total. The third-order valence-electron chi connectivity index (χ3n) is 7.08. The first kappa shape index (κ1) is 53.7. The molecule has 2 unspecified atom stereocenters. The molecule has 0 saturated heterocycles. The van der Waals surface area contributed by atoms with Gasteiger partial charge in [-0.05, 0) is 0 Å². The Balaban J connectivity index is 3.77. The second-order valence-corrected chi connectivity index (χ2v) is 11.0. The molecule has 0 amide bonds. The van der Waals surface area contributed by atoms with Crippen molar-refractivity contribution in [3.05, 3.63) is 11.5 Å². The first-order valence-electron chi connectivity index (χ1n) is 13.1. The average molecular weight is 968 g/mol. The van der Waals surface area contributed by atoms with Gasteiger partial charge in [0.2, 0.25) is 11.9 Å². The van der Waals surface area contributed by atoms with Gasteiger partial charge in [-0.15, -0.1) is 0 Å². The van der Waals surface area contributed by atoms with E-state index in [4.69, 9.17) is 5.11 Å². The third-order valence-corrected chi connectivity index (χ3v) is 7.08. The molecule has 1 heterocycles. The van der Waals surface area contributed by atoms with Gasteiger partial charge in [-0.2, -0.15) is 132 Å². The number of aliphatic hydroxyl groups is 2. The van der Waals surface area contributed by atoms with Crippen molar-refractivity contribution in [3.63, 3.8) is 0 Å². The van der Waals surface area contributed by atoms with E-state index in [-0.39, 0.29) is 0 Å². The van der Waals surface area contributed by atoms with Crippen LogP contribution in [0.25, 0.3) is 0 Å². The van der Waals surface area contributed by atoms with Gasteiger partial charge in [-0.1, -0.05) is 0 Å². The second kappa shape index (κ2) is 14.4. The maximum atomic E-state index is 14.3. The van der Waals surface area contributed by atoms with Crippen molar-refractivity contribution in [2.45, 2.75) is 95.6 Å². The fourth-order valence-electron chi connectivity index (χ4n) is 3.55. The second-order valence-electron chi connectivity index (χ2n) is 11.0. The van der Waals surface area contributed by atoms with Crippen LogP contribution in [-0.2, 0) is 28.6 Å². The summed E-state index contributed by atoms with van der Waals surface area (Å²) in [5.74, 6) is -123. The number of cyclic esters (lactones) is 1. The third kappa shape index (κ3) is 7.11. The quantitative estimate of drug-likeness (QED) is 0.0900. The summed E-state index contributed by atoms with van der Waals surface area (Å²) in [5, 5.41) is 18.6. The standard InChI is InChI=1S/C22H6F30O8/c23-9(24,11(27,28)13(31,32)15(35,36)17(39,40)19(43,44)21(47,48)49)7(56)58-1-2(5-3(53)4(54)6(55)60-5)59-8(57)10(25,26)12(29,30)14(33,34)16(37,38)18(41,42)20(45,46)22(50,51)52/h2,5,53-54H,1H2. The Kier molecular flexibility index (Phi) is 12.8. The maximum Gasteiger partial charge on any atom is 0.460 e. The van der Waals surface area contributed by atoms with Crippen LogP contribution in [-0.4, -0.2) is 130 Å². The lowest BCUT2D eigenvalue weighted by Crippen LogP contribution is -2.73. The average Bonchev–Trinajstić information content (AvgIpc) is 3.30. The van der Waals surface area contributed by atoms with E-state index in [0.29, 0.717) is 0 Å². The van der Waals surface area contributed by atoms with Gasteiger partial charge in [0.25, 0.3) is 0 Å². The molecule has 1 rings (SSSR count). The van der Waals surface area contributed by atoms with Gasteiger partial charge in [-0.3, -0.25) is 0 Å². The summed E-state index contributed by atoms with van der Waals surface area (Å²) < 4.78 is 411. The minimum atomic E-state index is -9.13. The number of rotatable bonds is 16. The SMILES string of the molecule is O=C1OC(C(COC(=O)C(F)(F)C(F)(F)C(F)(F)C(F)(F)C(F)(F)C(F)(F)C(F)(F)F)OC(=O)C(F)(F)C(F)(F)C(F)(F)C(F)(F)C(F)(F)C(F)(F)C(F)(F)F)C(O)=C1O. The summed E-state index contributed by atoms with van der Waals surface area (Å²) in [5.41, 5.74) is 0. The molecule has 1 aliphatic heterocycles. The summed E-state index contributed by atoms with van der Waals surface area (Å²) >= 11 is 0. The van der Waals surface area contributed by atoms with Gasteiger partial charge in [-0.25, -0.2) is 14.4 Å². The van der Waals surface area contributed by atoms with Crippen LogP contribution in [0.5, 0.6) is 0 Å². The highest BCUT2D eigenvalue weighted by Gasteiger charge is 2.96. The number of hydrogen-bond acceptors (Lipinski definition) is 8. The first-order valence-corrected chi connectivity index (χ1v) is 13.1. The Morgan fingerprint density at radius 2 is 0.733 bits per heavy atom. The summed E-state index contributed by atoms with van der Waals surface area (Å²) in [6, 6.07) is 0. The van der Waals surface area contributed by atoms with Crippen LogP contribution in [0.1, 0.15) is 0 Å². The Hall–Kier alpha value is -4.35. The lowest BCUT2D eigenvalue weighted by molar-refractivity contribution is -0.450. The van der Waals surface area contributed by atoms with E-state index >= 15 is 0 Å². The molecule has 0 aromatic rings. The molecule has 2 atom stereocenters. The molecule has 0 aromatic heterocycles. The number of ether oxygens (including phenoxy) is 3. The van der Waals surface area contributed by atoms with E-state index in [1.807, 2.05) is 0 Å². The van der Waals surface area contributed by atoms with E-state index in [2.05, 4.69) is 14.2 Å². The van der Waals surface area contributed by atoms with Crippen molar-refractivity contribution in [2.24, 2.45) is 0 Å². The number of esters is 3. The van der Waals surface area contributed by atoms with Gasteiger partial charge in [0.15, 0.2) is 11.9 Å². The largest absolute Gasteiger partial charge is 0.505 e. The van der Waals surface area contributed by atoms with Crippen LogP contribution in [0.3, 0.4) is 0 Å². The predicted octanol–water partition coefficient (Wildman–Crippen LogP) is 8.44. The number of aliphatic hydroxyl groups excluding tert-OH is 2. The summed E-state index contributed by atoms with van der Waals surface area (Å²) in [6.07, 6.45) is -24.5. The fraction of sp³-hybridized carbons (Fsp3) is 0.773. The van der Waals surface area contributed by atoms with E-state index in [0.717, 1.165) is 0 Å². The molecule has 0 saturated carbocycles. The number of carbonyl (C=O) groups excluding carboxylic acids is 3. The number of halogens is 30. The molecule has 0 fully saturated rings. The van der Waals surface area contributed by atoms with Crippen LogP contribution in [0.4, 0.5) is 132 Å². The number of alkyl halides is 30. The normalized spacial score (nSPS) is 18.7. The van der Waals surface area contributed by atoms with Crippen LogP contribution >= 0.6 is 0 Å². The maximum absolute atomic E-state index is 14.3. The van der Waals surface area contributed by atoms with E-state index in [1.165, 1.54) is 0 Å². The minimum absolute atomic E-state index is 2.43. The Morgan fingerprint density at radius 1 is 0.467 bits per heavy atom. The molecular weight excluding hydrogens is 962 g/mol. The zero-order valence-corrected chi connectivity index (χ0v) is 26.0. The van der Waals surface area contributed by atoms with Crippen molar-refractivity contribution in [2.75, 3.05) is 6.61 Å². The smallest absolute Gasteiger partial charge is 0.460 e. The Bertz CT molecular complexity index is 1710. The summed E-state index contributed by atoms with van der Waals surface area (Å²) in [7, 11) is 0. The molecule has 0 aliphatic carbocycles. The van der Waals surface area contributed by atoms with Crippen molar-refractivity contribution >= 4 is 17.9 Å². The Labute approximate surface area is 303 Å². The molecule has 352 valence electrons. The lowest BCUT2D eigenvalue weighted by atomic mass is 9.91.